The normalized spacial score (nSPS) is 23.2. The number of ether oxygens (including phenoxy) is 1. The zero-order chi connectivity index (χ0) is 15.6. The van der Waals surface area contributed by atoms with Gasteiger partial charge in [-0.3, -0.25) is 4.79 Å². The van der Waals surface area contributed by atoms with Crippen LogP contribution < -0.4 is 4.74 Å². The van der Waals surface area contributed by atoms with Crippen molar-refractivity contribution in [2.24, 2.45) is 17.3 Å². The van der Waals surface area contributed by atoms with Gasteiger partial charge in [-0.2, -0.15) is 0 Å². The Morgan fingerprint density at radius 2 is 2.05 bits per heavy atom. The summed E-state index contributed by atoms with van der Waals surface area (Å²) in [6, 6.07) is 4.89. The van der Waals surface area contributed by atoms with E-state index in [4.69, 9.17) is 4.74 Å². The van der Waals surface area contributed by atoms with Crippen LogP contribution in [0.3, 0.4) is 0 Å². The summed E-state index contributed by atoms with van der Waals surface area (Å²) in [5, 5.41) is 0. The van der Waals surface area contributed by atoms with E-state index in [0.29, 0.717) is 30.1 Å². The molecule has 1 aromatic carbocycles. The average molecular weight is 292 g/mol. The topological polar surface area (TPSA) is 26.3 Å². The molecular formula is C18H25FO2. The molecule has 116 valence electrons. The van der Waals surface area contributed by atoms with Gasteiger partial charge in [-0.15, -0.1) is 0 Å². The van der Waals surface area contributed by atoms with Gasteiger partial charge in [-0.1, -0.05) is 26.8 Å². The lowest BCUT2D eigenvalue weighted by molar-refractivity contribution is -0.126. The summed E-state index contributed by atoms with van der Waals surface area (Å²) in [7, 11) is 1.52. The second-order valence-corrected chi connectivity index (χ2v) is 7.16. The fraction of sp³-hybridized carbons (Fsp3) is 0.611. The molecule has 2 nitrogen and oxygen atoms in total. The van der Waals surface area contributed by atoms with E-state index < -0.39 is 0 Å². The third kappa shape index (κ3) is 3.84. The maximum atomic E-state index is 14.1. The Morgan fingerprint density at radius 1 is 1.33 bits per heavy atom. The minimum Gasteiger partial charge on any atom is -0.497 e. The van der Waals surface area contributed by atoms with E-state index in [1.807, 2.05) is 0 Å². The van der Waals surface area contributed by atoms with Crippen molar-refractivity contribution in [2.75, 3.05) is 7.11 Å². The highest BCUT2D eigenvalue weighted by Gasteiger charge is 2.35. The smallest absolute Gasteiger partial charge is 0.136 e. The van der Waals surface area contributed by atoms with Gasteiger partial charge in [0.2, 0.25) is 0 Å². The fourth-order valence-corrected chi connectivity index (χ4v) is 3.18. The number of hydrogen-bond acceptors (Lipinski definition) is 2. The Balaban J connectivity index is 2.12. The van der Waals surface area contributed by atoms with Gasteiger partial charge < -0.3 is 4.74 Å². The van der Waals surface area contributed by atoms with Crippen molar-refractivity contribution in [3.8, 4) is 5.75 Å². The average Bonchev–Trinajstić information content (AvgIpc) is 2.42. The third-order valence-electron chi connectivity index (χ3n) is 4.71. The van der Waals surface area contributed by atoms with E-state index in [2.05, 4.69) is 20.8 Å². The number of benzene rings is 1. The molecule has 0 bridgehead atoms. The maximum absolute atomic E-state index is 14.1. The minimum absolute atomic E-state index is 0.0501. The van der Waals surface area contributed by atoms with Crippen LogP contribution >= 0.6 is 0 Å². The van der Waals surface area contributed by atoms with E-state index in [-0.39, 0.29) is 22.9 Å². The lowest BCUT2D eigenvalue weighted by Crippen LogP contribution is -2.33. The molecule has 0 aliphatic heterocycles. The molecule has 0 spiro atoms. The molecule has 0 N–H and O–H groups in total. The first-order chi connectivity index (χ1) is 9.81. The van der Waals surface area contributed by atoms with E-state index in [1.54, 1.807) is 12.1 Å². The molecule has 0 heterocycles. The largest absolute Gasteiger partial charge is 0.497 e. The van der Waals surface area contributed by atoms with E-state index in [0.717, 1.165) is 12.8 Å². The van der Waals surface area contributed by atoms with Crippen molar-refractivity contribution in [1.29, 1.82) is 0 Å². The van der Waals surface area contributed by atoms with Crippen LogP contribution in [0.2, 0.25) is 0 Å². The van der Waals surface area contributed by atoms with Crippen LogP contribution in [0.25, 0.3) is 0 Å². The Morgan fingerprint density at radius 3 is 2.62 bits per heavy atom. The highest BCUT2D eigenvalue weighted by atomic mass is 19.1. The van der Waals surface area contributed by atoms with E-state index in [1.165, 1.54) is 13.2 Å². The lowest BCUT2D eigenvalue weighted by Gasteiger charge is -2.37. The molecule has 2 unspecified atom stereocenters. The maximum Gasteiger partial charge on any atom is 0.136 e. The Kier molecular flexibility index (Phi) is 4.70. The summed E-state index contributed by atoms with van der Waals surface area (Å²) < 4.78 is 19.1. The molecule has 1 saturated carbocycles. The zero-order valence-electron chi connectivity index (χ0n) is 13.4. The SMILES string of the molecule is COc1ccc(CC2CC(C(C)(C)C)CCC2=O)c(F)c1. The van der Waals surface area contributed by atoms with Crippen LogP contribution in [0.5, 0.6) is 5.75 Å². The van der Waals surface area contributed by atoms with Crippen LogP contribution in [-0.4, -0.2) is 12.9 Å². The zero-order valence-corrected chi connectivity index (χ0v) is 13.4. The fourth-order valence-electron chi connectivity index (χ4n) is 3.18. The van der Waals surface area contributed by atoms with Gasteiger partial charge in [0.1, 0.15) is 17.3 Å². The molecule has 0 amide bonds. The van der Waals surface area contributed by atoms with Gasteiger partial charge in [0.05, 0.1) is 7.11 Å². The van der Waals surface area contributed by atoms with Crippen LogP contribution in [-0.2, 0) is 11.2 Å². The first kappa shape index (κ1) is 16.0. The van der Waals surface area contributed by atoms with Gasteiger partial charge in [-0.05, 0) is 42.2 Å². The molecule has 0 aromatic heterocycles. The number of halogens is 1. The van der Waals surface area contributed by atoms with Gasteiger partial charge in [0.15, 0.2) is 0 Å². The number of methoxy groups -OCH3 is 1. The van der Waals surface area contributed by atoms with Crippen LogP contribution in [0, 0.1) is 23.1 Å². The van der Waals surface area contributed by atoms with Crippen molar-refractivity contribution in [2.45, 2.75) is 46.5 Å². The van der Waals surface area contributed by atoms with Gasteiger partial charge in [0, 0.05) is 18.4 Å². The Hall–Kier alpha value is -1.38. The second kappa shape index (κ2) is 6.17. The van der Waals surface area contributed by atoms with Crippen molar-refractivity contribution < 1.29 is 13.9 Å². The lowest BCUT2D eigenvalue weighted by atomic mass is 9.67. The van der Waals surface area contributed by atoms with Crippen LogP contribution in [0.15, 0.2) is 18.2 Å². The van der Waals surface area contributed by atoms with Gasteiger partial charge in [0.25, 0.3) is 0 Å². The molecule has 0 radical (unpaired) electrons. The summed E-state index contributed by atoms with van der Waals surface area (Å²) >= 11 is 0. The summed E-state index contributed by atoms with van der Waals surface area (Å²) in [6.07, 6.45) is 2.96. The quantitative estimate of drug-likeness (QED) is 0.825. The molecule has 0 saturated heterocycles. The first-order valence-electron chi connectivity index (χ1n) is 7.66. The summed E-state index contributed by atoms with van der Waals surface area (Å²) in [5.74, 6) is 0.997. The highest BCUT2D eigenvalue weighted by Crippen LogP contribution is 2.40. The summed E-state index contributed by atoms with van der Waals surface area (Å²) in [4.78, 5) is 12.2. The third-order valence-corrected chi connectivity index (χ3v) is 4.71. The Bertz CT molecular complexity index is 516. The summed E-state index contributed by atoms with van der Waals surface area (Å²) in [5.41, 5.74) is 0.820. The molecular weight excluding hydrogens is 267 g/mol. The van der Waals surface area contributed by atoms with Crippen LogP contribution in [0.1, 0.15) is 45.6 Å². The number of ketones is 1. The van der Waals surface area contributed by atoms with Crippen molar-refractivity contribution >= 4 is 5.78 Å². The molecule has 2 rings (SSSR count). The van der Waals surface area contributed by atoms with Crippen molar-refractivity contribution in [1.82, 2.24) is 0 Å². The van der Waals surface area contributed by atoms with E-state index >= 15 is 0 Å². The van der Waals surface area contributed by atoms with Gasteiger partial charge >= 0.3 is 0 Å². The number of hydrogen-bond donors (Lipinski definition) is 0. The predicted molar refractivity (Wildman–Crippen MR) is 81.9 cm³/mol. The summed E-state index contributed by atoms with van der Waals surface area (Å²) in [6.45, 7) is 6.66. The molecule has 3 heteroatoms. The highest BCUT2D eigenvalue weighted by molar-refractivity contribution is 5.82. The number of carbonyl (C=O) groups is 1. The molecule has 2 atom stereocenters. The molecule has 1 aliphatic rings. The first-order valence-corrected chi connectivity index (χ1v) is 7.66. The molecule has 1 aliphatic carbocycles. The molecule has 1 fully saturated rings. The standard InChI is InChI=1S/C18H25FO2/c1-18(2,3)14-6-8-17(20)13(10-14)9-12-5-7-15(21-4)11-16(12)19/h5,7,11,13-14H,6,8-10H2,1-4H3. The van der Waals surface area contributed by atoms with Crippen LogP contribution in [0.4, 0.5) is 4.39 Å². The molecule has 1 aromatic rings. The predicted octanol–water partition coefficient (Wildman–Crippen LogP) is 4.41. The number of rotatable bonds is 3. The minimum atomic E-state index is -0.278. The second-order valence-electron chi connectivity index (χ2n) is 7.16. The number of Topliss-reactive ketones (excluding diaryl/α,β-unsaturated/α-hetero) is 1. The van der Waals surface area contributed by atoms with Crippen molar-refractivity contribution in [3.05, 3.63) is 29.6 Å². The van der Waals surface area contributed by atoms with E-state index in [9.17, 15) is 9.18 Å². The monoisotopic (exact) mass is 292 g/mol. The van der Waals surface area contributed by atoms with Crippen molar-refractivity contribution in [3.63, 3.8) is 0 Å². The number of carbonyl (C=O) groups excluding carboxylic acids is 1. The molecule has 21 heavy (non-hydrogen) atoms. The Labute approximate surface area is 126 Å². The van der Waals surface area contributed by atoms with Gasteiger partial charge in [-0.25, -0.2) is 4.39 Å².